The van der Waals surface area contributed by atoms with Crippen LogP contribution in [0.2, 0.25) is 0 Å². The first-order chi connectivity index (χ1) is 12.2. The van der Waals surface area contributed by atoms with Crippen molar-refractivity contribution in [2.75, 3.05) is 26.7 Å². The molecule has 0 radical (unpaired) electrons. The third-order valence-electron chi connectivity index (χ3n) is 4.56. The van der Waals surface area contributed by atoms with E-state index >= 15 is 0 Å². The molecule has 2 aliphatic heterocycles. The van der Waals surface area contributed by atoms with E-state index in [9.17, 15) is 22.8 Å². The summed E-state index contributed by atoms with van der Waals surface area (Å²) in [5.74, 6) is -0.470. The summed E-state index contributed by atoms with van der Waals surface area (Å²) < 4.78 is 44.6. The van der Waals surface area contributed by atoms with Crippen LogP contribution in [0.25, 0.3) is 0 Å². The summed E-state index contributed by atoms with van der Waals surface area (Å²) in [7, 11) is 1.50. The summed E-state index contributed by atoms with van der Waals surface area (Å²) in [4.78, 5) is 27.6. The molecule has 26 heavy (non-hydrogen) atoms. The Labute approximate surface area is 148 Å². The molecule has 6 nitrogen and oxygen atoms in total. The van der Waals surface area contributed by atoms with Gasteiger partial charge >= 0.3 is 12.2 Å². The Bertz CT molecular complexity index is 751. The smallest absolute Gasteiger partial charge is 0.416 e. The summed E-state index contributed by atoms with van der Waals surface area (Å²) in [6, 6.07) is 2.10. The number of halogens is 3. The number of hydrogen-bond donors (Lipinski definition) is 1. The summed E-state index contributed by atoms with van der Waals surface area (Å²) in [6.45, 7) is 4.29. The monoisotopic (exact) mass is 369 g/mol. The highest BCUT2D eigenvalue weighted by Gasteiger charge is 2.44. The zero-order chi connectivity index (χ0) is 19.1. The molecule has 1 aromatic rings. The van der Waals surface area contributed by atoms with E-state index in [0.717, 1.165) is 18.2 Å². The van der Waals surface area contributed by atoms with E-state index in [1.807, 2.05) is 0 Å². The van der Waals surface area contributed by atoms with E-state index in [1.165, 1.54) is 16.8 Å². The Morgan fingerprint density at radius 1 is 1.42 bits per heavy atom. The average molecular weight is 369 g/mol. The Kier molecular flexibility index (Phi) is 4.55. The molecular formula is C17H18F3N3O3. The number of ether oxygens (including phenoxy) is 1. The molecule has 0 spiro atoms. The average Bonchev–Trinajstić information content (AvgIpc) is 2.98. The highest BCUT2D eigenvalue weighted by molar-refractivity contribution is 5.97. The van der Waals surface area contributed by atoms with Gasteiger partial charge in [0.2, 0.25) is 0 Å². The molecule has 1 aromatic carbocycles. The van der Waals surface area contributed by atoms with Gasteiger partial charge in [-0.05, 0) is 18.2 Å². The number of amides is 3. The summed E-state index contributed by atoms with van der Waals surface area (Å²) in [5.41, 5.74) is -1.03. The minimum absolute atomic E-state index is 0.0932. The van der Waals surface area contributed by atoms with Gasteiger partial charge in [-0.15, -0.1) is 6.58 Å². The second kappa shape index (κ2) is 6.54. The number of nitrogens with one attached hydrogen (secondary N) is 1. The fourth-order valence-corrected chi connectivity index (χ4v) is 3.16. The van der Waals surface area contributed by atoms with Crippen molar-refractivity contribution < 1.29 is 27.5 Å². The highest BCUT2D eigenvalue weighted by atomic mass is 19.4. The quantitative estimate of drug-likeness (QED) is 0.813. The van der Waals surface area contributed by atoms with Gasteiger partial charge in [-0.25, -0.2) is 4.79 Å². The van der Waals surface area contributed by atoms with Crippen LogP contribution in [0.5, 0.6) is 5.75 Å². The van der Waals surface area contributed by atoms with Crippen LogP contribution < -0.4 is 10.1 Å². The normalized spacial score (nSPS) is 22.2. The van der Waals surface area contributed by atoms with Crippen LogP contribution in [0.1, 0.15) is 15.9 Å². The minimum Gasteiger partial charge on any atom is -0.486 e. The number of urea groups is 1. The molecule has 3 amide bonds. The first-order valence-corrected chi connectivity index (χ1v) is 8.01. The van der Waals surface area contributed by atoms with Crippen molar-refractivity contribution in [1.82, 2.24) is 15.1 Å². The number of likely N-dealkylation sites (N-methyl/N-ethyl adjacent to an activating group) is 1. The highest BCUT2D eigenvalue weighted by Crippen LogP contribution is 2.36. The van der Waals surface area contributed by atoms with Gasteiger partial charge in [-0.3, -0.25) is 4.79 Å². The van der Waals surface area contributed by atoms with Crippen molar-refractivity contribution in [2.24, 2.45) is 0 Å². The SMILES string of the molecule is C=CCNC(=O)N1C[C@@H]2Oc3ccc(C(F)(F)F)cc3C(=O)N(C)[C@@H]2C1. The molecule has 0 aliphatic carbocycles. The lowest BCUT2D eigenvalue weighted by molar-refractivity contribution is -0.137. The Balaban J connectivity index is 1.87. The van der Waals surface area contributed by atoms with Gasteiger partial charge in [0, 0.05) is 20.1 Å². The van der Waals surface area contributed by atoms with Crippen LogP contribution in [-0.4, -0.2) is 60.6 Å². The maximum absolute atomic E-state index is 12.9. The van der Waals surface area contributed by atoms with E-state index in [-0.39, 0.29) is 30.4 Å². The van der Waals surface area contributed by atoms with Gasteiger partial charge in [0.15, 0.2) is 0 Å². The van der Waals surface area contributed by atoms with E-state index in [4.69, 9.17) is 4.74 Å². The summed E-state index contributed by atoms with van der Waals surface area (Å²) >= 11 is 0. The largest absolute Gasteiger partial charge is 0.486 e. The molecule has 3 rings (SSSR count). The van der Waals surface area contributed by atoms with Crippen molar-refractivity contribution in [3.63, 3.8) is 0 Å². The van der Waals surface area contributed by atoms with E-state index in [2.05, 4.69) is 11.9 Å². The number of fused-ring (bicyclic) bond motifs is 2. The number of likely N-dealkylation sites (tertiary alicyclic amines) is 1. The van der Waals surface area contributed by atoms with Gasteiger partial charge in [0.1, 0.15) is 11.9 Å². The first kappa shape index (κ1) is 18.1. The second-order valence-electron chi connectivity index (χ2n) is 6.23. The zero-order valence-corrected chi connectivity index (χ0v) is 14.0. The lowest BCUT2D eigenvalue weighted by Gasteiger charge is -2.25. The number of carbonyl (C=O) groups excluding carboxylic acids is 2. The van der Waals surface area contributed by atoms with Crippen molar-refractivity contribution in [3.8, 4) is 5.75 Å². The lowest BCUT2D eigenvalue weighted by atomic mass is 10.1. The van der Waals surface area contributed by atoms with Gasteiger partial charge in [-0.2, -0.15) is 13.2 Å². The third kappa shape index (κ3) is 3.21. The lowest BCUT2D eigenvalue weighted by Crippen LogP contribution is -2.44. The molecule has 2 heterocycles. The van der Waals surface area contributed by atoms with Crippen molar-refractivity contribution >= 4 is 11.9 Å². The number of alkyl halides is 3. The molecule has 0 aromatic heterocycles. The van der Waals surface area contributed by atoms with Crippen molar-refractivity contribution in [1.29, 1.82) is 0 Å². The summed E-state index contributed by atoms with van der Waals surface area (Å²) in [6.07, 6.45) is -3.51. The van der Waals surface area contributed by atoms with Crippen LogP contribution >= 0.6 is 0 Å². The molecule has 1 N–H and O–H groups in total. The van der Waals surface area contributed by atoms with Crippen LogP contribution in [-0.2, 0) is 6.18 Å². The Hall–Kier alpha value is -2.71. The van der Waals surface area contributed by atoms with Gasteiger partial charge < -0.3 is 19.9 Å². The summed E-state index contributed by atoms with van der Waals surface area (Å²) in [5, 5.41) is 2.65. The fraction of sp³-hybridized carbons (Fsp3) is 0.412. The molecule has 2 atom stereocenters. The number of nitrogens with zero attached hydrogens (tertiary/aromatic N) is 2. The van der Waals surface area contributed by atoms with E-state index < -0.39 is 29.8 Å². The zero-order valence-electron chi connectivity index (χ0n) is 14.0. The predicted molar refractivity (Wildman–Crippen MR) is 86.9 cm³/mol. The Morgan fingerprint density at radius 3 is 2.81 bits per heavy atom. The molecule has 0 bridgehead atoms. The second-order valence-corrected chi connectivity index (χ2v) is 6.23. The molecular weight excluding hydrogens is 351 g/mol. The number of benzene rings is 1. The molecule has 2 aliphatic rings. The van der Waals surface area contributed by atoms with Gasteiger partial charge in [0.25, 0.3) is 5.91 Å². The molecule has 0 saturated carbocycles. The number of rotatable bonds is 2. The standard InChI is InChI=1S/C17H18F3N3O3/c1-3-6-21-16(25)23-8-12-14(9-23)26-13-5-4-10(17(18,19)20)7-11(13)15(24)22(12)2/h3-5,7,12,14H,1,6,8-9H2,2H3,(H,21,25)/t12-,14+/m1/s1. The van der Waals surface area contributed by atoms with Crippen LogP contribution in [0, 0.1) is 0 Å². The fourth-order valence-electron chi connectivity index (χ4n) is 3.16. The Morgan fingerprint density at radius 2 is 2.15 bits per heavy atom. The van der Waals surface area contributed by atoms with Crippen LogP contribution in [0.15, 0.2) is 30.9 Å². The van der Waals surface area contributed by atoms with Crippen molar-refractivity contribution in [2.45, 2.75) is 18.3 Å². The molecule has 9 heteroatoms. The number of carbonyl (C=O) groups is 2. The van der Waals surface area contributed by atoms with E-state index in [1.54, 1.807) is 6.08 Å². The first-order valence-electron chi connectivity index (χ1n) is 8.01. The third-order valence-corrected chi connectivity index (χ3v) is 4.56. The van der Waals surface area contributed by atoms with Crippen LogP contribution in [0.3, 0.4) is 0 Å². The maximum atomic E-state index is 12.9. The van der Waals surface area contributed by atoms with Gasteiger partial charge in [-0.1, -0.05) is 6.08 Å². The van der Waals surface area contributed by atoms with Crippen molar-refractivity contribution in [3.05, 3.63) is 42.0 Å². The van der Waals surface area contributed by atoms with Crippen LogP contribution in [0.4, 0.5) is 18.0 Å². The maximum Gasteiger partial charge on any atom is 0.416 e. The van der Waals surface area contributed by atoms with E-state index in [0.29, 0.717) is 6.54 Å². The predicted octanol–water partition coefficient (Wildman–Crippen LogP) is 2.12. The molecule has 1 saturated heterocycles. The molecule has 1 fully saturated rings. The van der Waals surface area contributed by atoms with Gasteiger partial charge in [0.05, 0.1) is 23.7 Å². The molecule has 0 unspecified atom stereocenters. The molecule has 140 valence electrons. The minimum atomic E-state index is -4.55. The topological polar surface area (TPSA) is 61.9 Å². The number of hydrogen-bond acceptors (Lipinski definition) is 3.